The van der Waals surface area contributed by atoms with Crippen LogP contribution in [-0.2, 0) is 6.61 Å². The number of amides is 1. The molecule has 116 valence electrons. The summed E-state index contributed by atoms with van der Waals surface area (Å²) in [5.74, 6) is -0.880. The molecule has 1 aromatic heterocycles. The van der Waals surface area contributed by atoms with E-state index in [-0.39, 0.29) is 12.4 Å². The summed E-state index contributed by atoms with van der Waals surface area (Å²) < 4.78 is 14.6. The van der Waals surface area contributed by atoms with Gasteiger partial charge in [0.1, 0.15) is 17.2 Å². The third-order valence-corrected chi connectivity index (χ3v) is 3.40. The molecule has 6 nitrogen and oxygen atoms in total. The molecule has 3 N–H and O–H groups in total. The minimum atomic E-state index is -0.523. The first kappa shape index (κ1) is 14.9. The number of primary amides is 1. The van der Waals surface area contributed by atoms with Gasteiger partial charge in [0.25, 0.3) is 0 Å². The summed E-state index contributed by atoms with van der Waals surface area (Å²) >= 11 is 0. The smallest absolute Gasteiger partial charge is 0.248 e. The van der Waals surface area contributed by atoms with Crippen LogP contribution in [0.25, 0.3) is 16.9 Å². The highest BCUT2D eigenvalue weighted by atomic mass is 19.1. The molecule has 23 heavy (non-hydrogen) atoms. The van der Waals surface area contributed by atoms with E-state index in [9.17, 15) is 14.3 Å². The standard InChI is InChI=1S/C16H13FN4O2/c17-12-5-1-10(2-6-12)15-14(9-22)19-20-21(15)13-7-3-11(4-8-13)16(18)23/h1-8,22H,9H2,(H2,18,23). The fourth-order valence-electron chi connectivity index (χ4n) is 2.26. The highest BCUT2D eigenvalue weighted by Gasteiger charge is 2.16. The van der Waals surface area contributed by atoms with Gasteiger partial charge in [0.15, 0.2) is 0 Å². The number of hydrogen-bond donors (Lipinski definition) is 2. The number of carbonyl (C=O) groups is 1. The molecule has 1 heterocycles. The zero-order chi connectivity index (χ0) is 16.4. The summed E-state index contributed by atoms with van der Waals surface area (Å²) in [4.78, 5) is 11.1. The topological polar surface area (TPSA) is 94.0 Å². The Morgan fingerprint density at radius 3 is 2.35 bits per heavy atom. The van der Waals surface area contributed by atoms with Gasteiger partial charge >= 0.3 is 0 Å². The number of hydrogen-bond acceptors (Lipinski definition) is 4. The first-order valence-corrected chi connectivity index (χ1v) is 6.82. The van der Waals surface area contributed by atoms with Crippen LogP contribution in [0.2, 0.25) is 0 Å². The van der Waals surface area contributed by atoms with Crippen LogP contribution in [-0.4, -0.2) is 26.0 Å². The Balaban J connectivity index is 2.11. The maximum atomic E-state index is 13.1. The van der Waals surface area contributed by atoms with Gasteiger partial charge in [-0.2, -0.15) is 0 Å². The van der Waals surface area contributed by atoms with Crippen molar-refractivity contribution in [2.24, 2.45) is 5.73 Å². The lowest BCUT2D eigenvalue weighted by Gasteiger charge is -2.08. The number of aliphatic hydroxyl groups excluding tert-OH is 1. The average Bonchev–Trinajstić information content (AvgIpc) is 2.99. The summed E-state index contributed by atoms with van der Waals surface area (Å²) in [6.07, 6.45) is 0. The van der Waals surface area contributed by atoms with E-state index in [1.165, 1.54) is 16.8 Å². The number of halogens is 1. The predicted octanol–water partition coefficient (Wildman–Crippen LogP) is 1.66. The van der Waals surface area contributed by atoms with Crippen LogP contribution < -0.4 is 5.73 Å². The van der Waals surface area contributed by atoms with E-state index in [1.54, 1.807) is 36.4 Å². The summed E-state index contributed by atoms with van der Waals surface area (Å²) in [6.45, 7) is -0.300. The van der Waals surface area contributed by atoms with Gasteiger partial charge in [-0.05, 0) is 48.5 Å². The molecule has 0 aliphatic carbocycles. The molecule has 3 aromatic rings. The second-order valence-electron chi connectivity index (χ2n) is 4.87. The minimum absolute atomic E-state index is 0.300. The Morgan fingerprint density at radius 2 is 1.78 bits per heavy atom. The fourth-order valence-corrected chi connectivity index (χ4v) is 2.26. The van der Waals surface area contributed by atoms with Crippen LogP contribution in [0.5, 0.6) is 0 Å². The molecule has 0 bridgehead atoms. The number of nitrogens with zero attached hydrogens (tertiary/aromatic N) is 3. The molecule has 7 heteroatoms. The zero-order valence-electron chi connectivity index (χ0n) is 12.0. The van der Waals surface area contributed by atoms with Crippen molar-refractivity contribution in [2.75, 3.05) is 0 Å². The molecule has 0 atom stereocenters. The van der Waals surface area contributed by atoms with Gasteiger partial charge < -0.3 is 10.8 Å². The van der Waals surface area contributed by atoms with Gasteiger partial charge in [0, 0.05) is 11.1 Å². The summed E-state index contributed by atoms with van der Waals surface area (Å²) in [6, 6.07) is 12.3. The lowest BCUT2D eigenvalue weighted by Crippen LogP contribution is -2.11. The van der Waals surface area contributed by atoms with Gasteiger partial charge in [-0.1, -0.05) is 5.21 Å². The number of carbonyl (C=O) groups excluding carboxylic acids is 1. The first-order chi connectivity index (χ1) is 11.1. The largest absolute Gasteiger partial charge is 0.390 e. The predicted molar refractivity (Wildman–Crippen MR) is 81.2 cm³/mol. The van der Waals surface area contributed by atoms with Crippen molar-refractivity contribution in [3.8, 4) is 16.9 Å². The Hall–Kier alpha value is -3.06. The quantitative estimate of drug-likeness (QED) is 0.766. The Labute approximate surface area is 131 Å². The molecular weight excluding hydrogens is 299 g/mol. The number of aliphatic hydroxyl groups is 1. The Morgan fingerprint density at radius 1 is 1.13 bits per heavy atom. The maximum absolute atomic E-state index is 13.1. The van der Waals surface area contributed by atoms with Gasteiger partial charge in [-0.15, -0.1) is 5.10 Å². The third-order valence-electron chi connectivity index (χ3n) is 3.40. The van der Waals surface area contributed by atoms with E-state index in [0.29, 0.717) is 28.2 Å². The van der Waals surface area contributed by atoms with Gasteiger partial charge in [-0.25, -0.2) is 9.07 Å². The van der Waals surface area contributed by atoms with Gasteiger partial charge in [0.2, 0.25) is 5.91 Å². The minimum Gasteiger partial charge on any atom is -0.390 e. The highest BCUT2D eigenvalue weighted by Crippen LogP contribution is 2.25. The van der Waals surface area contributed by atoms with Crippen LogP contribution in [0.1, 0.15) is 16.1 Å². The molecule has 3 rings (SSSR count). The number of benzene rings is 2. The van der Waals surface area contributed by atoms with E-state index < -0.39 is 5.91 Å². The first-order valence-electron chi connectivity index (χ1n) is 6.82. The van der Waals surface area contributed by atoms with Crippen molar-refractivity contribution in [3.63, 3.8) is 0 Å². The van der Waals surface area contributed by atoms with E-state index in [2.05, 4.69) is 10.3 Å². The lowest BCUT2D eigenvalue weighted by atomic mass is 10.1. The van der Waals surface area contributed by atoms with Crippen molar-refractivity contribution in [2.45, 2.75) is 6.61 Å². The molecule has 0 saturated heterocycles. The molecule has 0 aliphatic heterocycles. The van der Waals surface area contributed by atoms with Crippen molar-refractivity contribution in [3.05, 3.63) is 65.6 Å². The number of aromatic nitrogens is 3. The summed E-state index contributed by atoms with van der Waals surface area (Å²) in [5.41, 5.74) is 7.83. The summed E-state index contributed by atoms with van der Waals surface area (Å²) in [5, 5.41) is 17.4. The number of nitrogens with two attached hydrogens (primary N) is 1. The van der Waals surface area contributed by atoms with Crippen molar-refractivity contribution >= 4 is 5.91 Å². The average molecular weight is 312 g/mol. The van der Waals surface area contributed by atoms with Crippen LogP contribution in [0.3, 0.4) is 0 Å². The molecule has 2 aromatic carbocycles. The van der Waals surface area contributed by atoms with E-state index in [1.807, 2.05) is 0 Å². The number of rotatable bonds is 4. The third kappa shape index (κ3) is 2.82. The van der Waals surface area contributed by atoms with Crippen molar-refractivity contribution < 1.29 is 14.3 Å². The highest BCUT2D eigenvalue weighted by molar-refractivity contribution is 5.92. The van der Waals surface area contributed by atoms with Gasteiger partial charge in [-0.3, -0.25) is 4.79 Å². The molecule has 0 saturated carbocycles. The van der Waals surface area contributed by atoms with Crippen molar-refractivity contribution in [1.29, 1.82) is 0 Å². The molecule has 0 spiro atoms. The molecule has 0 aliphatic rings. The van der Waals surface area contributed by atoms with Gasteiger partial charge in [0.05, 0.1) is 12.3 Å². The van der Waals surface area contributed by atoms with Crippen molar-refractivity contribution in [1.82, 2.24) is 15.0 Å². The normalized spacial score (nSPS) is 10.7. The molecule has 0 fully saturated rings. The van der Waals surface area contributed by atoms with Crippen LogP contribution in [0.15, 0.2) is 48.5 Å². The second-order valence-corrected chi connectivity index (χ2v) is 4.87. The lowest BCUT2D eigenvalue weighted by molar-refractivity contribution is 0.100. The molecular formula is C16H13FN4O2. The molecule has 0 radical (unpaired) electrons. The zero-order valence-corrected chi connectivity index (χ0v) is 12.0. The van der Waals surface area contributed by atoms with E-state index >= 15 is 0 Å². The molecule has 1 amide bonds. The summed E-state index contributed by atoms with van der Waals surface area (Å²) in [7, 11) is 0. The van der Waals surface area contributed by atoms with E-state index in [4.69, 9.17) is 5.73 Å². The van der Waals surface area contributed by atoms with Crippen LogP contribution in [0.4, 0.5) is 4.39 Å². The van der Waals surface area contributed by atoms with Crippen LogP contribution >= 0.6 is 0 Å². The monoisotopic (exact) mass is 312 g/mol. The SMILES string of the molecule is NC(=O)c1ccc(-n2nnc(CO)c2-c2ccc(F)cc2)cc1. The Bertz CT molecular complexity index is 842. The second kappa shape index (κ2) is 5.98. The maximum Gasteiger partial charge on any atom is 0.248 e. The molecule has 0 unspecified atom stereocenters. The van der Waals surface area contributed by atoms with E-state index in [0.717, 1.165) is 0 Å². The Kier molecular flexibility index (Phi) is 3.86. The fraction of sp³-hybridized carbons (Fsp3) is 0.0625. The van der Waals surface area contributed by atoms with Crippen LogP contribution in [0, 0.1) is 5.82 Å².